The first-order valence-corrected chi connectivity index (χ1v) is 8.27. The Morgan fingerprint density at radius 1 is 1.30 bits per heavy atom. The molecule has 0 bridgehead atoms. The Bertz CT molecular complexity index is 485. The molecule has 0 atom stereocenters. The molecule has 130 valence electrons. The molecule has 1 N–H and O–H groups in total. The van der Waals surface area contributed by atoms with Crippen LogP contribution in [0.5, 0.6) is 0 Å². The predicted octanol–water partition coefficient (Wildman–Crippen LogP) is 2.63. The van der Waals surface area contributed by atoms with E-state index in [1.54, 1.807) is 19.0 Å². The molecule has 1 aromatic carbocycles. The van der Waals surface area contributed by atoms with Crippen LogP contribution in [-0.4, -0.2) is 56.5 Å². The molecule has 1 aromatic rings. The minimum Gasteiger partial charge on any atom is -0.345 e. The number of halogens is 1. The molecule has 0 spiro atoms. The van der Waals surface area contributed by atoms with Crippen molar-refractivity contribution in [2.75, 3.05) is 40.8 Å². The average Bonchev–Trinajstić information content (AvgIpc) is 2.53. The predicted molar refractivity (Wildman–Crippen MR) is 98.3 cm³/mol. The molecular weight excluding hydrogens is 310 g/mol. The Morgan fingerprint density at radius 2 is 2.00 bits per heavy atom. The van der Waals surface area contributed by atoms with Crippen LogP contribution < -0.4 is 5.32 Å². The number of piperidine rings is 1. The molecule has 1 aliphatic heterocycles. The molecule has 0 radical (unpaired) electrons. The van der Waals surface area contributed by atoms with Gasteiger partial charge in [0.25, 0.3) is 5.91 Å². The van der Waals surface area contributed by atoms with Crippen molar-refractivity contribution in [3.05, 3.63) is 35.4 Å². The summed E-state index contributed by atoms with van der Waals surface area (Å²) in [7, 11) is 5.62. The molecule has 0 aliphatic carbocycles. The summed E-state index contributed by atoms with van der Waals surface area (Å²) in [6.45, 7) is 4.41. The van der Waals surface area contributed by atoms with Crippen molar-refractivity contribution in [2.45, 2.75) is 25.8 Å². The number of hydrogen-bond acceptors (Lipinski definition) is 3. The quantitative estimate of drug-likeness (QED) is 0.865. The molecule has 0 saturated carbocycles. The van der Waals surface area contributed by atoms with Gasteiger partial charge in [0.2, 0.25) is 0 Å². The topological polar surface area (TPSA) is 35.6 Å². The maximum atomic E-state index is 12.0. The maximum Gasteiger partial charge on any atom is 0.253 e. The van der Waals surface area contributed by atoms with Gasteiger partial charge in [0, 0.05) is 26.2 Å². The van der Waals surface area contributed by atoms with Crippen LogP contribution in [0.15, 0.2) is 24.3 Å². The SMILES string of the molecule is CNCCC1CCN(Cc2cccc(C(=O)N(C)C)c2)CC1.Cl. The van der Waals surface area contributed by atoms with Crippen LogP contribution in [0.4, 0.5) is 0 Å². The smallest absolute Gasteiger partial charge is 0.253 e. The zero-order valence-electron chi connectivity index (χ0n) is 14.5. The number of carbonyl (C=O) groups is 1. The van der Waals surface area contributed by atoms with Crippen molar-refractivity contribution in [2.24, 2.45) is 5.92 Å². The fraction of sp³-hybridized carbons (Fsp3) is 0.611. The van der Waals surface area contributed by atoms with Gasteiger partial charge in [-0.2, -0.15) is 0 Å². The summed E-state index contributed by atoms with van der Waals surface area (Å²) >= 11 is 0. The molecule has 2 rings (SSSR count). The zero-order chi connectivity index (χ0) is 15.9. The Labute approximate surface area is 146 Å². The van der Waals surface area contributed by atoms with Gasteiger partial charge in [0.15, 0.2) is 0 Å². The van der Waals surface area contributed by atoms with Gasteiger partial charge in [-0.3, -0.25) is 9.69 Å². The molecule has 1 heterocycles. The Morgan fingerprint density at radius 3 is 2.61 bits per heavy atom. The molecule has 0 aromatic heterocycles. The Hall–Kier alpha value is -1.10. The van der Waals surface area contributed by atoms with Crippen LogP contribution in [0.1, 0.15) is 35.2 Å². The monoisotopic (exact) mass is 339 g/mol. The molecule has 1 amide bonds. The largest absolute Gasteiger partial charge is 0.345 e. The van der Waals surface area contributed by atoms with Crippen LogP contribution in [-0.2, 0) is 6.54 Å². The fourth-order valence-electron chi connectivity index (χ4n) is 3.10. The van der Waals surface area contributed by atoms with Crippen molar-refractivity contribution in [1.82, 2.24) is 15.1 Å². The second kappa shape index (κ2) is 9.91. The summed E-state index contributed by atoms with van der Waals surface area (Å²) in [6.07, 6.45) is 3.87. The minimum absolute atomic E-state index is 0. The van der Waals surface area contributed by atoms with Crippen LogP contribution in [0, 0.1) is 5.92 Å². The summed E-state index contributed by atoms with van der Waals surface area (Å²) < 4.78 is 0. The van der Waals surface area contributed by atoms with Gasteiger partial charge in [-0.15, -0.1) is 12.4 Å². The van der Waals surface area contributed by atoms with E-state index in [2.05, 4.69) is 16.3 Å². The maximum absolute atomic E-state index is 12.0. The summed E-state index contributed by atoms with van der Waals surface area (Å²) in [5.74, 6) is 0.943. The van der Waals surface area contributed by atoms with E-state index in [0.717, 1.165) is 24.6 Å². The van der Waals surface area contributed by atoms with E-state index in [1.807, 2.05) is 25.2 Å². The van der Waals surface area contributed by atoms with Crippen molar-refractivity contribution in [1.29, 1.82) is 0 Å². The van der Waals surface area contributed by atoms with E-state index in [1.165, 1.54) is 37.9 Å². The highest BCUT2D eigenvalue weighted by Gasteiger charge is 2.19. The number of rotatable bonds is 6. The molecule has 1 saturated heterocycles. The minimum atomic E-state index is 0. The lowest BCUT2D eigenvalue weighted by Gasteiger charge is -2.32. The Kier molecular flexibility index (Phi) is 8.59. The van der Waals surface area contributed by atoms with Crippen LogP contribution in [0.3, 0.4) is 0 Å². The normalized spacial score (nSPS) is 16.0. The molecule has 1 fully saturated rings. The van der Waals surface area contributed by atoms with Crippen molar-refractivity contribution in [3.8, 4) is 0 Å². The van der Waals surface area contributed by atoms with E-state index >= 15 is 0 Å². The standard InChI is InChI=1S/C18H29N3O.ClH/c1-19-10-7-15-8-11-21(12-9-15)14-16-5-4-6-17(13-16)18(22)20(2)3;/h4-6,13,15,19H,7-12,14H2,1-3H3;1H. The van der Waals surface area contributed by atoms with Crippen molar-refractivity contribution in [3.63, 3.8) is 0 Å². The highest BCUT2D eigenvalue weighted by atomic mass is 35.5. The fourth-order valence-corrected chi connectivity index (χ4v) is 3.10. The van der Waals surface area contributed by atoms with Crippen molar-refractivity contribution < 1.29 is 4.79 Å². The summed E-state index contributed by atoms with van der Waals surface area (Å²) in [5.41, 5.74) is 2.02. The highest BCUT2D eigenvalue weighted by Crippen LogP contribution is 2.21. The van der Waals surface area contributed by atoms with E-state index in [9.17, 15) is 4.79 Å². The lowest BCUT2D eigenvalue weighted by Crippen LogP contribution is -2.34. The first kappa shape index (κ1) is 19.9. The zero-order valence-corrected chi connectivity index (χ0v) is 15.4. The van der Waals surface area contributed by atoms with E-state index in [4.69, 9.17) is 0 Å². The van der Waals surface area contributed by atoms with Gasteiger partial charge >= 0.3 is 0 Å². The van der Waals surface area contributed by atoms with Gasteiger partial charge in [0.1, 0.15) is 0 Å². The number of nitrogens with zero attached hydrogens (tertiary/aromatic N) is 2. The van der Waals surface area contributed by atoms with Crippen molar-refractivity contribution >= 4 is 18.3 Å². The van der Waals surface area contributed by atoms with E-state index in [0.29, 0.717) is 0 Å². The average molecular weight is 340 g/mol. The molecule has 4 nitrogen and oxygen atoms in total. The van der Waals surface area contributed by atoms with Gasteiger partial charge in [-0.1, -0.05) is 12.1 Å². The Balaban J connectivity index is 0.00000264. The number of likely N-dealkylation sites (tertiary alicyclic amines) is 1. The third kappa shape index (κ3) is 6.13. The van der Waals surface area contributed by atoms with Gasteiger partial charge in [-0.05, 0) is 69.6 Å². The second-order valence-electron chi connectivity index (χ2n) is 6.51. The number of benzene rings is 1. The number of amides is 1. The third-order valence-corrected chi connectivity index (χ3v) is 4.50. The number of carbonyl (C=O) groups excluding carboxylic acids is 1. The van der Waals surface area contributed by atoms with Gasteiger partial charge in [0.05, 0.1) is 0 Å². The van der Waals surface area contributed by atoms with Crippen LogP contribution >= 0.6 is 12.4 Å². The molecule has 5 heteroatoms. The molecule has 1 aliphatic rings. The van der Waals surface area contributed by atoms with E-state index < -0.39 is 0 Å². The third-order valence-electron chi connectivity index (χ3n) is 4.50. The number of hydrogen-bond donors (Lipinski definition) is 1. The lowest BCUT2D eigenvalue weighted by molar-refractivity contribution is 0.0827. The lowest BCUT2D eigenvalue weighted by atomic mass is 9.93. The summed E-state index contributed by atoms with van der Waals surface area (Å²) in [5, 5.41) is 3.24. The summed E-state index contributed by atoms with van der Waals surface area (Å²) in [6, 6.07) is 8.05. The van der Waals surface area contributed by atoms with Gasteiger partial charge in [-0.25, -0.2) is 0 Å². The first-order valence-electron chi connectivity index (χ1n) is 8.27. The van der Waals surface area contributed by atoms with Crippen LogP contribution in [0.25, 0.3) is 0 Å². The molecular formula is C18H30ClN3O. The van der Waals surface area contributed by atoms with Gasteiger partial charge < -0.3 is 10.2 Å². The second-order valence-corrected chi connectivity index (χ2v) is 6.51. The summed E-state index contributed by atoms with van der Waals surface area (Å²) in [4.78, 5) is 16.2. The number of nitrogens with one attached hydrogen (secondary N) is 1. The molecule has 0 unspecified atom stereocenters. The van der Waals surface area contributed by atoms with Crippen LogP contribution in [0.2, 0.25) is 0 Å². The van der Waals surface area contributed by atoms with E-state index in [-0.39, 0.29) is 18.3 Å². The first-order chi connectivity index (χ1) is 10.6. The highest BCUT2D eigenvalue weighted by molar-refractivity contribution is 5.94. The molecule has 23 heavy (non-hydrogen) atoms.